The van der Waals surface area contributed by atoms with Crippen molar-refractivity contribution in [1.29, 1.82) is 0 Å². The smallest absolute Gasteiger partial charge is 0.167 e. The summed E-state index contributed by atoms with van der Waals surface area (Å²) in [5.74, 6) is 0.190. The number of halogens is 2. The molecule has 0 unspecified atom stereocenters. The van der Waals surface area contributed by atoms with Gasteiger partial charge in [0.1, 0.15) is 30.2 Å². The Labute approximate surface area is 126 Å². The zero-order valence-corrected chi connectivity index (χ0v) is 12.1. The Morgan fingerprint density at radius 3 is 2.86 bits per heavy atom. The molecule has 0 saturated carbocycles. The number of aliphatic hydroxyl groups excluding tert-OH is 2. The van der Waals surface area contributed by atoms with E-state index in [9.17, 15) is 14.6 Å². The van der Waals surface area contributed by atoms with Crippen molar-refractivity contribution in [2.45, 2.75) is 24.5 Å². The summed E-state index contributed by atoms with van der Waals surface area (Å²) in [7, 11) is 0. The largest absolute Gasteiger partial charge is 0.387 e. The predicted octanol–water partition coefficient (Wildman–Crippen LogP) is 0.233. The molecule has 10 heteroatoms. The van der Waals surface area contributed by atoms with Crippen LogP contribution in [0.4, 0.5) is 10.2 Å². The van der Waals surface area contributed by atoms with Gasteiger partial charge in [0.05, 0.1) is 6.33 Å². The highest BCUT2D eigenvalue weighted by molar-refractivity contribution is 9.11. The number of imidazole rings is 1. The Morgan fingerprint density at radius 2 is 2.14 bits per heavy atom. The molecule has 0 bridgehead atoms. The molecule has 0 aromatic carbocycles. The normalized spacial score (nSPS) is 30.2. The third-order valence-electron chi connectivity index (χ3n) is 3.23. The van der Waals surface area contributed by atoms with Crippen LogP contribution in [0.1, 0.15) is 6.23 Å². The first-order valence-corrected chi connectivity index (χ1v) is 6.75. The highest BCUT2D eigenvalue weighted by atomic mass is 79.9. The van der Waals surface area contributed by atoms with Crippen molar-refractivity contribution >= 4 is 32.9 Å². The number of hydrogen-bond acceptors (Lipinski definition) is 7. The quantitative estimate of drug-likeness (QED) is 0.702. The number of nitrogens with zero attached hydrogens (tertiary/aromatic N) is 4. The van der Waals surface area contributed by atoms with Crippen molar-refractivity contribution in [3.63, 3.8) is 0 Å². The molecular formula is C11H11BrFN5O3. The van der Waals surface area contributed by atoms with Crippen LogP contribution in [0.2, 0.25) is 0 Å². The van der Waals surface area contributed by atoms with Crippen LogP contribution in [-0.2, 0) is 4.74 Å². The number of hydrogen-bond donors (Lipinski definition) is 3. The molecule has 1 saturated heterocycles. The van der Waals surface area contributed by atoms with Gasteiger partial charge in [0.25, 0.3) is 0 Å². The molecular weight excluding hydrogens is 349 g/mol. The molecule has 4 atom stereocenters. The van der Waals surface area contributed by atoms with Crippen molar-refractivity contribution in [3.8, 4) is 0 Å². The molecule has 1 fully saturated rings. The van der Waals surface area contributed by atoms with Gasteiger partial charge in [-0.25, -0.2) is 15.0 Å². The van der Waals surface area contributed by atoms with E-state index in [4.69, 9.17) is 10.5 Å². The lowest BCUT2D eigenvalue weighted by Gasteiger charge is -2.16. The Hall–Kier alpha value is -1.62. The Morgan fingerprint density at radius 1 is 1.38 bits per heavy atom. The Kier molecular flexibility index (Phi) is 3.61. The van der Waals surface area contributed by atoms with Crippen molar-refractivity contribution in [1.82, 2.24) is 19.5 Å². The molecule has 2 aromatic heterocycles. The number of rotatable bonds is 2. The van der Waals surface area contributed by atoms with Crippen LogP contribution in [0, 0.1) is 0 Å². The van der Waals surface area contributed by atoms with Crippen LogP contribution >= 0.6 is 15.9 Å². The summed E-state index contributed by atoms with van der Waals surface area (Å²) >= 11 is 2.62. The molecule has 4 N–H and O–H groups in total. The SMILES string of the molecule is Nc1ncnc2c1ncn2[C@@H]1O[C@H](/C=C(\F)Br)[C@@H](O)[C@H]1O. The van der Waals surface area contributed by atoms with E-state index in [0.717, 1.165) is 6.08 Å². The second-order valence-corrected chi connectivity index (χ2v) is 5.27. The minimum Gasteiger partial charge on any atom is -0.387 e. The topological polar surface area (TPSA) is 119 Å². The molecule has 3 heterocycles. The lowest BCUT2D eigenvalue weighted by Crippen LogP contribution is -2.30. The van der Waals surface area contributed by atoms with Gasteiger partial charge in [-0.2, -0.15) is 4.39 Å². The van der Waals surface area contributed by atoms with Crippen molar-refractivity contribution in [2.75, 3.05) is 5.73 Å². The lowest BCUT2D eigenvalue weighted by molar-refractivity contribution is -0.0246. The van der Waals surface area contributed by atoms with Crippen LogP contribution in [0.5, 0.6) is 0 Å². The van der Waals surface area contributed by atoms with Crippen molar-refractivity contribution in [2.24, 2.45) is 0 Å². The summed E-state index contributed by atoms with van der Waals surface area (Å²) in [6.07, 6.45) is -0.873. The van der Waals surface area contributed by atoms with Gasteiger partial charge in [-0.3, -0.25) is 4.57 Å². The summed E-state index contributed by atoms with van der Waals surface area (Å²) in [5.41, 5.74) is 6.38. The first-order valence-electron chi connectivity index (χ1n) is 5.96. The van der Waals surface area contributed by atoms with Gasteiger partial charge >= 0.3 is 0 Å². The van der Waals surface area contributed by atoms with Crippen LogP contribution < -0.4 is 5.73 Å². The van der Waals surface area contributed by atoms with E-state index in [1.165, 1.54) is 17.2 Å². The number of anilines is 1. The molecule has 1 aliphatic heterocycles. The first-order chi connectivity index (χ1) is 9.99. The second-order valence-electron chi connectivity index (χ2n) is 4.51. The van der Waals surface area contributed by atoms with Crippen molar-refractivity contribution in [3.05, 3.63) is 23.5 Å². The van der Waals surface area contributed by atoms with Gasteiger partial charge in [0.15, 0.2) is 22.4 Å². The molecule has 1 aliphatic rings. The second kappa shape index (κ2) is 5.30. The maximum Gasteiger partial charge on any atom is 0.167 e. The molecule has 0 radical (unpaired) electrons. The minimum atomic E-state index is -1.28. The van der Waals surface area contributed by atoms with E-state index >= 15 is 0 Å². The highest BCUT2D eigenvalue weighted by Gasteiger charge is 2.43. The maximum absolute atomic E-state index is 12.9. The average molecular weight is 360 g/mol. The number of aliphatic hydroxyl groups is 2. The van der Waals surface area contributed by atoms with Gasteiger partial charge < -0.3 is 20.7 Å². The van der Waals surface area contributed by atoms with Gasteiger partial charge in [0.2, 0.25) is 0 Å². The Bertz CT molecular complexity index is 704. The van der Waals surface area contributed by atoms with E-state index in [2.05, 4.69) is 30.9 Å². The van der Waals surface area contributed by atoms with E-state index in [1.807, 2.05) is 0 Å². The minimum absolute atomic E-state index is 0.190. The molecule has 21 heavy (non-hydrogen) atoms. The highest BCUT2D eigenvalue weighted by Crippen LogP contribution is 2.33. The number of nitrogen functional groups attached to an aromatic ring is 1. The van der Waals surface area contributed by atoms with E-state index in [0.29, 0.717) is 11.2 Å². The maximum atomic E-state index is 12.9. The number of fused-ring (bicyclic) bond motifs is 1. The fraction of sp³-hybridized carbons (Fsp3) is 0.364. The van der Waals surface area contributed by atoms with E-state index < -0.39 is 29.3 Å². The van der Waals surface area contributed by atoms with Crippen molar-refractivity contribution < 1.29 is 19.3 Å². The lowest BCUT2D eigenvalue weighted by atomic mass is 10.1. The average Bonchev–Trinajstić information content (AvgIpc) is 2.96. The molecule has 0 spiro atoms. The van der Waals surface area contributed by atoms with Gasteiger partial charge in [-0.05, 0) is 22.0 Å². The van der Waals surface area contributed by atoms with E-state index in [-0.39, 0.29) is 5.82 Å². The summed E-state index contributed by atoms with van der Waals surface area (Å²) in [6.45, 7) is 0. The molecule has 0 aliphatic carbocycles. The zero-order chi connectivity index (χ0) is 15.1. The summed E-state index contributed by atoms with van der Waals surface area (Å²) < 4.78 is 19.1. The van der Waals surface area contributed by atoms with E-state index in [1.54, 1.807) is 0 Å². The first kappa shape index (κ1) is 14.3. The van der Waals surface area contributed by atoms with Gasteiger partial charge in [0, 0.05) is 0 Å². The number of nitrogens with two attached hydrogens (primary N) is 1. The van der Waals surface area contributed by atoms with Crippen LogP contribution in [0.3, 0.4) is 0 Å². The summed E-state index contributed by atoms with van der Waals surface area (Å²) in [6, 6.07) is 0. The third-order valence-corrected chi connectivity index (χ3v) is 3.49. The van der Waals surface area contributed by atoms with Gasteiger partial charge in [-0.15, -0.1) is 0 Å². The Balaban J connectivity index is 2.00. The molecule has 2 aromatic rings. The molecule has 0 amide bonds. The summed E-state index contributed by atoms with van der Waals surface area (Å²) in [4.78, 5) is 11.9. The predicted molar refractivity (Wildman–Crippen MR) is 73.8 cm³/mol. The molecule has 112 valence electrons. The number of aromatic nitrogens is 4. The summed E-state index contributed by atoms with van der Waals surface area (Å²) in [5, 5.41) is 20.0. The third kappa shape index (κ3) is 2.39. The fourth-order valence-electron chi connectivity index (χ4n) is 2.23. The monoisotopic (exact) mass is 359 g/mol. The van der Waals surface area contributed by atoms with Crippen LogP contribution in [-0.4, -0.2) is 48.0 Å². The fourth-order valence-corrected chi connectivity index (χ4v) is 2.49. The van der Waals surface area contributed by atoms with Crippen LogP contribution in [0.15, 0.2) is 23.5 Å². The molecule has 8 nitrogen and oxygen atoms in total. The molecule has 3 rings (SSSR count). The van der Waals surface area contributed by atoms with Gasteiger partial charge in [-0.1, -0.05) is 0 Å². The number of ether oxygens (including phenoxy) is 1. The zero-order valence-electron chi connectivity index (χ0n) is 10.5. The van der Waals surface area contributed by atoms with Crippen LogP contribution in [0.25, 0.3) is 11.2 Å². The standard InChI is InChI=1S/C11H11BrFN5O3/c12-5(13)1-4-7(19)8(20)11(21-4)18-3-17-6-9(14)15-2-16-10(6)18/h1-4,7-8,11,19-20H,(H2,14,15,16)/b5-1-/t4-,7-,8-,11-/m1/s1.